The van der Waals surface area contributed by atoms with E-state index in [1.165, 1.54) is 0 Å². The van der Waals surface area contributed by atoms with E-state index in [0.29, 0.717) is 13.2 Å². The molecular weight excluding hydrogens is 276 g/mol. The fourth-order valence-electron chi connectivity index (χ4n) is 1.90. The lowest BCUT2D eigenvalue weighted by Crippen LogP contribution is -1.92. The molecule has 4 heteroatoms. The number of rotatable bonds is 7. The summed E-state index contributed by atoms with van der Waals surface area (Å²) in [6, 6.07) is 15.5. The third kappa shape index (κ3) is 5.05. The Hall–Kier alpha value is -2.62. The first-order chi connectivity index (χ1) is 10.8. The summed E-state index contributed by atoms with van der Waals surface area (Å²) in [6.07, 6.45) is 3.40. The molecule has 22 heavy (non-hydrogen) atoms. The average molecular weight is 296 g/mol. The quantitative estimate of drug-likeness (QED) is 0.574. The molecular formula is C18H20N2O2. The highest BCUT2D eigenvalue weighted by atomic mass is 16.5. The van der Waals surface area contributed by atoms with Gasteiger partial charge in [-0.25, -0.2) is 0 Å². The highest BCUT2D eigenvalue weighted by Gasteiger charge is 1.94. The topological polar surface area (TPSA) is 43.2 Å². The number of ether oxygens (including phenoxy) is 2. The highest BCUT2D eigenvalue weighted by Crippen LogP contribution is 2.13. The van der Waals surface area contributed by atoms with Gasteiger partial charge in [-0.1, -0.05) is 24.3 Å². The van der Waals surface area contributed by atoms with Gasteiger partial charge in [-0.05, 0) is 49.2 Å². The second-order valence-electron chi connectivity index (χ2n) is 4.50. The highest BCUT2D eigenvalue weighted by molar-refractivity contribution is 5.83. The van der Waals surface area contributed by atoms with E-state index in [1.807, 2.05) is 62.4 Å². The standard InChI is InChI=1S/C18H20N2O2/c1-3-21-17-9-5-7-15(11-17)13-19-20-14-16-8-6-10-18(12-16)22-4-2/h5-14H,3-4H2,1-2H3/b19-13-,20-14-. The Bertz CT molecular complexity index is 594. The van der Waals surface area contributed by atoms with Gasteiger partial charge in [-0.2, -0.15) is 10.2 Å². The van der Waals surface area contributed by atoms with Crippen LogP contribution in [0.2, 0.25) is 0 Å². The average Bonchev–Trinajstić information content (AvgIpc) is 2.53. The Morgan fingerprint density at radius 3 is 1.64 bits per heavy atom. The smallest absolute Gasteiger partial charge is 0.119 e. The van der Waals surface area contributed by atoms with Gasteiger partial charge in [-0.3, -0.25) is 0 Å². The molecule has 0 saturated carbocycles. The number of hydrogen-bond donors (Lipinski definition) is 0. The Morgan fingerprint density at radius 1 is 0.773 bits per heavy atom. The molecule has 0 heterocycles. The van der Waals surface area contributed by atoms with Crippen molar-refractivity contribution in [3.63, 3.8) is 0 Å². The fraction of sp³-hybridized carbons (Fsp3) is 0.222. The van der Waals surface area contributed by atoms with Crippen LogP contribution in [0.25, 0.3) is 0 Å². The van der Waals surface area contributed by atoms with E-state index in [4.69, 9.17) is 9.47 Å². The van der Waals surface area contributed by atoms with Gasteiger partial charge >= 0.3 is 0 Å². The van der Waals surface area contributed by atoms with Crippen molar-refractivity contribution < 1.29 is 9.47 Å². The second-order valence-corrected chi connectivity index (χ2v) is 4.50. The van der Waals surface area contributed by atoms with Gasteiger partial charge in [0.25, 0.3) is 0 Å². The maximum absolute atomic E-state index is 5.44. The van der Waals surface area contributed by atoms with Gasteiger partial charge in [0.1, 0.15) is 11.5 Å². The molecule has 114 valence electrons. The van der Waals surface area contributed by atoms with E-state index >= 15 is 0 Å². The van der Waals surface area contributed by atoms with Crippen molar-refractivity contribution in [2.75, 3.05) is 13.2 Å². The lowest BCUT2D eigenvalue weighted by Gasteiger charge is -2.02. The normalized spacial score (nSPS) is 11.2. The summed E-state index contributed by atoms with van der Waals surface area (Å²) < 4.78 is 10.9. The van der Waals surface area contributed by atoms with Crippen molar-refractivity contribution in [1.82, 2.24) is 0 Å². The van der Waals surface area contributed by atoms with Crippen molar-refractivity contribution in [1.29, 1.82) is 0 Å². The van der Waals surface area contributed by atoms with Crippen LogP contribution in [0.15, 0.2) is 58.7 Å². The molecule has 2 aromatic carbocycles. The lowest BCUT2D eigenvalue weighted by atomic mass is 10.2. The van der Waals surface area contributed by atoms with Crippen LogP contribution in [-0.4, -0.2) is 25.6 Å². The zero-order valence-corrected chi connectivity index (χ0v) is 12.9. The molecule has 0 bridgehead atoms. The number of benzene rings is 2. The van der Waals surface area contributed by atoms with E-state index in [0.717, 1.165) is 22.6 Å². The molecule has 0 fully saturated rings. The molecule has 0 aliphatic heterocycles. The minimum atomic E-state index is 0.648. The molecule has 4 nitrogen and oxygen atoms in total. The zero-order chi connectivity index (χ0) is 15.6. The molecule has 0 N–H and O–H groups in total. The fourth-order valence-corrected chi connectivity index (χ4v) is 1.90. The molecule has 0 aromatic heterocycles. The predicted octanol–water partition coefficient (Wildman–Crippen LogP) is 3.94. The maximum Gasteiger partial charge on any atom is 0.119 e. The van der Waals surface area contributed by atoms with E-state index in [2.05, 4.69) is 10.2 Å². The lowest BCUT2D eigenvalue weighted by molar-refractivity contribution is 0.340. The maximum atomic E-state index is 5.44. The first-order valence-corrected chi connectivity index (χ1v) is 7.34. The van der Waals surface area contributed by atoms with Crippen LogP contribution in [0.5, 0.6) is 11.5 Å². The molecule has 0 spiro atoms. The predicted molar refractivity (Wildman–Crippen MR) is 90.4 cm³/mol. The molecule has 2 aromatic rings. The Labute approximate surface area is 131 Å². The van der Waals surface area contributed by atoms with Crippen LogP contribution < -0.4 is 9.47 Å². The van der Waals surface area contributed by atoms with Crippen LogP contribution in [0.3, 0.4) is 0 Å². The van der Waals surface area contributed by atoms with E-state index in [1.54, 1.807) is 12.4 Å². The van der Waals surface area contributed by atoms with Crippen molar-refractivity contribution in [3.8, 4) is 11.5 Å². The molecule has 0 saturated heterocycles. The Morgan fingerprint density at radius 2 is 1.23 bits per heavy atom. The van der Waals surface area contributed by atoms with Gasteiger partial charge < -0.3 is 9.47 Å². The summed E-state index contributed by atoms with van der Waals surface area (Å²) in [5.74, 6) is 1.67. The number of hydrogen-bond acceptors (Lipinski definition) is 4. The summed E-state index contributed by atoms with van der Waals surface area (Å²) in [5.41, 5.74) is 1.90. The van der Waals surface area contributed by atoms with Crippen LogP contribution in [0, 0.1) is 0 Å². The molecule has 0 aliphatic rings. The van der Waals surface area contributed by atoms with Gasteiger partial charge in [0.2, 0.25) is 0 Å². The van der Waals surface area contributed by atoms with Crippen molar-refractivity contribution >= 4 is 12.4 Å². The summed E-state index contributed by atoms with van der Waals surface area (Å²) in [6.45, 7) is 5.21. The molecule has 0 radical (unpaired) electrons. The van der Waals surface area contributed by atoms with E-state index < -0.39 is 0 Å². The SMILES string of the molecule is CCOc1cccc(/C=N\N=C/c2cccc(OCC)c2)c1. The van der Waals surface area contributed by atoms with Crippen LogP contribution in [-0.2, 0) is 0 Å². The Balaban J connectivity index is 1.99. The minimum absolute atomic E-state index is 0.648. The zero-order valence-electron chi connectivity index (χ0n) is 12.9. The van der Waals surface area contributed by atoms with E-state index in [-0.39, 0.29) is 0 Å². The first-order valence-electron chi connectivity index (χ1n) is 7.34. The molecule has 2 rings (SSSR count). The number of nitrogens with zero attached hydrogens (tertiary/aromatic N) is 2. The van der Waals surface area contributed by atoms with Gasteiger partial charge in [-0.15, -0.1) is 0 Å². The largest absolute Gasteiger partial charge is 0.494 e. The third-order valence-corrected chi connectivity index (χ3v) is 2.82. The van der Waals surface area contributed by atoms with Crippen molar-refractivity contribution in [2.24, 2.45) is 10.2 Å². The third-order valence-electron chi connectivity index (χ3n) is 2.82. The molecule has 0 aliphatic carbocycles. The molecule has 0 amide bonds. The van der Waals surface area contributed by atoms with Gasteiger partial charge in [0.15, 0.2) is 0 Å². The first kappa shape index (κ1) is 15.8. The van der Waals surface area contributed by atoms with Crippen molar-refractivity contribution in [3.05, 3.63) is 59.7 Å². The van der Waals surface area contributed by atoms with Crippen LogP contribution in [0.4, 0.5) is 0 Å². The monoisotopic (exact) mass is 296 g/mol. The molecule has 0 atom stereocenters. The van der Waals surface area contributed by atoms with Crippen molar-refractivity contribution in [2.45, 2.75) is 13.8 Å². The van der Waals surface area contributed by atoms with E-state index in [9.17, 15) is 0 Å². The Kier molecular flexibility index (Phi) is 6.18. The summed E-state index contributed by atoms with van der Waals surface area (Å²) in [4.78, 5) is 0. The van der Waals surface area contributed by atoms with Gasteiger partial charge in [0, 0.05) is 0 Å². The van der Waals surface area contributed by atoms with Crippen LogP contribution >= 0.6 is 0 Å². The summed E-state index contributed by atoms with van der Waals surface area (Å²) >= 11 is 0. The summed E-state index contributed by atoms with van der Waals surface area (Å²) in [5, 5.41) is 8.12. The second kappa shape index (κ2) is 8.62. The summed E-state index contributed by atoms with van der Waals surface area (Å²) in [7, 11) is 0. The minimum Gasteiger partial charge on any atom is -0.494 e. The molecule has 0 unspecified atom stereocenters. The van der Waals surface area contributed by atoms with Gasteiger partial charge in [0.05, 0.1) is 25.6 Å². The van der Waals surface area contributed by atoms with Crippen LogP contribution in [0.1, 0.15) is 25.0 Å².